The number of amides is 7. The number of nitrogens with one attached hydrogen (secondary N) is 2. The zero-order valence-corrected chi connectivity index (χ0v) is 89.8. The van der Waals surface area contributed by atoms with Crippen molar-refractivity contribution in [2.24, 2.45) is 88.8 Å². The van der Waals surface area contributed by atoms with Crippen molar-refractivity contribution in [2.45, 2.75) is 278 Å². The Morgan fingerprint density at radius 1 is 0.277 bits per heavy atom. The van der Waals surface area contributed by atoms with Crippen LogP contribution in [0.25, 0.3) is 0 Å². The second kappa shape index (κ2) is 62.8. The number of esters is 4. The number of carbonyl (C=O) groups is 12. The van der Waals surface area contributed by atoms with Gasteiger partial charge in [0.1, 0.15) is 30.2 Å². The number of ketones is 1. The molecule has 2 N–H and O–H groups in total. The fourth-order valence-corrected chi connectivity index (χ4v) is 22.5. The topological polar surface area (TPSA) is 308 Å². The van der Waals surface area contributed by atoms with Gasteiger partial charge in [0.15, 0.2) is 0 Å². The van der Waals surface area contributed by atoms with E-state index >= 15 is 24.0 Å². The van der Waals surface area contributed by atoms with Crippen LogP contribution >= 0.6 is 0 Å². The maximum Gasteiger partial charge on any atom is 0.310 e. The lowest BCUT2D eigenvalue weighted by Crippen LogP contribution is -2.51. The van der Waals surface area contributed by atoms with Gasteiger partial charge in [0.05, 0.1) is 73.5 Å². The minimum atomic E-state index is -0.921. The molecule has 0 radical (unpaired) electrons. The lowest BCUT2D eigenvalue weighted by atomic mass is 9.61. The van der Waals surface area contributed by atoms with E-state index in [-0.39, 0.29) is 98.6 Å². The molecule has 0 aromatic carbocycles. The second-order valence-corrected chi connectivity index (χ2v) is 43.8. The Hall–Kier alpha value is -6.48. The Kier molecular flexibility index (Phi) is 54.7. The summed E-state index contributed by atoms with van der Waals surface area (Å²) in [6, 6.07) is 0. The average molecular weight is 1930 g/mol. The van der Waals surface area contributed by atoms with Crippen LogP contribution in [0, 0.1) is 88.8 Å². The Balaban J connectivity index is 1.25. The Bertz CT molecular complexity index is 3590. The molecule has 19 unspecified atom stereocenters. The van der Waals surface area contributed by atoms with E-state index < -0.39 is 131 Å². The second-order valence-electron chi connectivity index (χ2n) is 43.8. The number of hydrogen-bond acceptors (Lipinski definition) is 24. The maximum absolute atomic E-state index is 16.0. The monoisotopic (exact) mass is 1930 g/mol. The number of hydrogen-bond donors (Lipinski definition) is 2. The Labute approximate surface area is 827 Å². The largest absolute Gasteiger partial charge is 0.461 e. The van der Waals surface area contributed by atoms with E-state index in [1.165, 1.54) is 0 Å². The van der Waals surface area contributed by atoms with Crippen LogP contribution in [0.15, 0.2) is 0 Å². The molecule has 19 atom stereocenters. The zero-order chi connectivity index (χ0) is 101. The van der Waals surface area contributed by atoms with E-state index in [4.69, 9.17) is 18.9 Å². The van der Waals surface area contributed by atoms with E-state index in [0.29, 0.717) is 136 Å². The summed E-state index contributed by atoms with van der Waals surface area (Å²) in [7, 11) is 30.2. The summed E-state index contributed by atoms with van der Waals surface area (Å²) in [5.74, 6) is -12.0. The fourth-order valence-electron chi connectivity index (χ4n) is 22.5. The van der Waals surface area contributed by atoms with Crippen LogP contribution < -0.4 is 10.6 Å². The van der Waals surface area contributed by atoms with E-state index in [1.807, 2.05) is 139 Å². The highest BCUT2D eigenvalue weighted by Crippen LogP contribution is 2.47. The minimum absolute atomic E-state index is 0.00946. The van der Waals surface area contributed by atoms with Gasteiger partial charge in [-0.2, -0.15) is 0 Å². The molecular formula is C106H193N15O16. The number of rotatable bonds is 63. The molecule has 0 aliphatic heterocycles. The predicted octanol–water partition coefficient (Wildman–Crippen LogP) is 10.4. The van der Waals surface area contributed by atoms with Crippen LogP contribution in [0.2, 0.25) is 0 Å². The van der Waals surface area contributed by atoms with Crippen molar-refractivity contribution in [2.75, 3.05) is 243 Å². The summed E-state index contributed by atoms with van der Waals surface area (Å²) in [5.41, 5.74) is 0. The lowest BCUT2D eigenvalue weighted by Gasteiger charge is -2.45. The molecule has 137 heavy (non-hydrogen) atoms. The van der Waals surface area contributed by atoms with Crippen LogP contribution in [-0.4, -0.2) is 402 Å². The third-order valence-corrected chi connectivity index (χ3v) is 30.2. The van der Waals surface area contributed by atoms with Crippen LogP contribution in [0.5, 0.6) is 0 Å². The highest BCUT2D eigenvalue weighted by molar-refractivity contribution is 5.92. The van der Waals surface area contributed by atoms with Crippen molar-refractivity contribution in [3.05, 3.63) is 0 Å². The highest BCUT2D eigenvalue weighted by Gasteiger charge is 2.50. The molecule has 6 saturated carbocycles. The first-order valence-electron chi connectivity index (χ1n) is 53.8. The van der Waals surface area contributed by atoms with Crippen molar-refractivity contribution in [1.82, 2.24) is 74.3 Å². The molecule has 31 heteroatoms. The molecule has 788 valence electrons. The van der Waals surface area contributed by atoms with Crippen molar-refractivity contribution >= 4 is 71.0 Å². The Morgan fingerprint density at radius 2 is 0.533 bits per heavy atom. The van der Waals surface area contributed by atoms with E-state index in [9.17, 15) is 33.6 Å². The number of nitrogens with zero attached hydrogens (tertiary/aromatic N) is 13. The molecule has 0 aromatic heterocycles. The molecular weight excluding hydrogens is 1740 g/mol. The molecule has 6 aliphatic rings. The maximum atomic E-state index is 16.0. The van der Waals surface area contributed by atoms with Gasteiger partial charge in [-0.3, -0.25) is 57.5 Å². The quantitative estimate of drug-likeness (QED) is 0.0325. The van der Waals surface area contributed by atoms with Gasteiger partial charge in [-0.05, 0) is 339 Å². The average Bonchev–Trinajstić information content (AvgIpc) is 0.774. The van der Waals surface area contributed by atoms with Gasteiger partial charge in [-0.25, -0.2) is 0 Å². The van der Waals surface area contributed by atoms with Crippen LogP contribution in [0.4, 0.5) is 0 Å². The summed E-state index contributed by atoms with van der Waals surface area (Å²) in [6.07, 6.45) is 17.5. The molecule has 0 saturated heterocycles. The molecule has 0 aromatic rings. The van der Waals surface area contributed by atoms with E-state index in [1.54, 1.807) is 37.5 Å². The molecule has 6 rings (SSSR count). The first kappa shape index (κ1) is 119. The summed E-state index contributed by atoms with van der Waals surface area (Å²) in [4.78, 5) is 207. The van der Waals surface area contributed by atoms with Gasteiger partial charge in [0, 0.05) is 88.5 Å². The Morgan fingerprint density at radius 3 is 0.803 bits per heavy atom. The van der Waals surface area contributed by atoms with Crippen molar-refractivity contribution in [3.63, 3.8) is 0 Å². The summed E-state index contributed by atoms with van der Waals surface area (Å²) < 4.78 is 25.6. The first-order valence-corrected chi connectivity index (χ1v) is 53.8. The van der Waals surface area contributed by atoms with Gasteiger partial charge in [0.25, 0.3) is 0 Å². The molecule has 31 nitrogen and oxygen atoms in total. The number of ether oxygens (including phenoxy) is 4. The minimum Gasteiger partial charge on any atom is -0.461 e. The molecule has 0 spiro atoms. The van der Waals surface area contributed by atoms with Crippen LogP contribution in [0.1, 0.15) is 254 Å². The SMILES string of the molecule is CCC(C(=O)NCC(C)OC(=O)C1CCCCC1C(=O)N(CC(C)OC(=O)C1CCCCC1C(=O)N(CCCNC)CCCN(C)C)CC(C)OC(=O)C1CCCCC1C(=O)N(CCCN(C)C)CCCN(C)C)C(CC)C(=O)N(CC(C)OC(=O)C1CCCCC1C(=O)N(CCCN(C)C)CCCN(C)C)CC(C)C1CCC1C(=O)C1CCCCC1C(=O)N(CCCN(C)C)CCCN(C)C. The van der Waals surface area contributed by atoms with Gasteiger partial charge in [-0.15, -0.1) is 0 Å². The molecule has 6 fully saturated rings. The summed E-state index contributed by atoms with van der Waals surface area (Å²) >= 11 is 0. The van der Waals surface area contributed by atoms with Gasteiger partial charge >= 0.3 is 23.9 Å². The van der Waals surface area contributed by atoms with Gasteiger partial charge in [-0.1, -0.05) is 85.0 Å². The third-order valence-electron chi connectivity index (χ3n) is 30.2. The van der Waals surface area contributed by atoms with Crippen LogP contribution in [-0.2, 0) is 76.5 Å². The smallest absolute Gasteiger partial charge is 0.310 e. The predicted molar refractivity (Wildman–Crippen MR) is 541 cm³/mol. The third kappa shape index (κ3) is 40.0. The van der Waals surface area contributed by atoms with E-state index in [0.717, 1.165) is 162 Å². The summed E-state index contributed by atoms with van der Waals surface area (Å²) in [5, 5.41) is 6.26. The first-order chi connectivity index (χ1) is 65.2. The molecule has 0 heterocycles. The van der Waals surface area contributed by atoms with Crippen LogP contribution in [0.3, 0.4) is 0 Å². The van der Waals surface area contributed by atoms with Gasteiger partial charge in [0.2, 0.25) is 41.4 Å². The molecule has 7 amide bonds. The number of Topliss-reactive ketones (excluding diaryl/α,β-unsaturated/α-hetero) is 1. The normalized spacial score (nSPS) is 23.6. The highest BCUT2D eigenvalue weighted by atomic mass is 16.6. The zero-order valence-electron chi connectivity index (χ0n) is 89.8. The van der Waals surface area contributed by atoms with Crippen molar-refractivity contribution < 1.29 is 76.5 Å². The lowest BCUT2D eigenvalue weighted by molar-refractivity contribution is -0.167. The van der Waals surface area contributed by atoms with Crippen molar-refractivity contribution in [1.29, 1.82) is 0 Å². The standard InChI is InChI=1S/C106H193N15O16/c1-23-81(82(24-2)97(124)120(73-78(5)135-104(131)92-50-32-28-46-88(92)100(127)118(67-39-59-112(15)16)68-40-60-113(17)18)72-76(3)83-53-54-85(83)95(122)84-43-25-26-44-86(84)98(125)117(65-37-57-110(11)12)66-38-58-111(13)14)96(123)108-71-77(4)134-103(130)94-52-34-30-48-90(94)102(129)121(74-79(6)136-105(132)91-49-31-27-45-87(91)99(126)116(63-35-55-107-8)64-36-56-109(9)10)75-80(7)137-106(133)93-51-33-29-47-89(93)101(128)119(69-41-61-114(19)20)70-42-62-115(21)22/h76-94,107H,23-75H2,1-22H3,(H,108,123). The molecule has 6 aliphatic carbocycles. The summed E-state index contributed by atoms with van der Waals surface area (Å²) in [6.45, 7) is 23.6. The molecule has 0 bridgehead atoms. The van der Waals surface area contributed by atoms with E-state index in [2.05, 4.69) is 51.9 Å². The fraction of sp³-hybridized carbons (Fsp3) is 0.887. The van der Waals surface area contributed by atoms with Gasteiger partial charge < -0.3 is 93.3 Å². The van der Waals surface area contributed by atoms with Crippen molar-refractivity contribution in [3.8, 4) is 0 Å². The number of carbonyl (C=O) groups excluding carboxylic acids is 12.